The van der Waals surface area contributed by atoms with Crippen molar-refractivity contribution in [3.63, 3.8) is 0 Å². The molecule has 1 heterocycles. The fourth-order valence-corrected chi connectivity index (χ4v) is 2.99. The number of carbonyl (C=O) groups is 1. The third-order valence-corrected chi connectivity index (χ3v) is 4.51. The Morgan fingerprint density at radius 1 is 1.35 bits per heavy atom. The molecule has 2 atom stereocenters. The molecular formula is C15H28N2O3. The van der Waals surface area contributed by atoms with Gasteiger partial charge in [-0.2, -0.15) is 0 Å². The molecule has 5 heteroatoms. The van der Waals surface area contributed by atoms with Crippen LogP contribution in [0.4, 0.5) is 0 Å². The molecule has 5 nitrogen and oxygen atoms in total. The SMILES string of the molecule is CC1CCC(OCC(O)CNC2CCN(C)C2=O)CC1. The molecule has 1 amide bonds. The minimum Gasteiger partial charge on any atom is -0.389 e. The summed E-state index contributed by atoms with van der Waals surface area (Å²) in [7, 11) is 1.81. The predicted octanol–water partition coefficient (Wildman–Crippen LogP) is 0.763. The van der Waals surface area contributed by atoms with Crippen LogP contribution in [0.1, 0.15) is 39.0 Å². The summed E-state index contributed by atoms with van der Waals surface area (Å²) in [5.41, 5.74) is 0. The van der Waals surface area contributed by atoms with E-state index in [1.54, 1.807) is 4.90 Å². The Balaban J connectivity index is 1.58. The van der Waals surface area contributed by atoms with Gasteiger partial charge < -0.3 is 20.1 Å². The summed E-state index contributed by atoms with van der Waals surface area (Å²) in [5.74, 6) is 0.936. The normalized spacial score (nSPS) is 32.6. The highest BCUT2D eigenvalue weighted by Gasteiger charge is 2.29. The lowest BCUT2D eigenvalue weighted by atomic mass is 9.89. The topological polar surface area (TPSA) is 61.8 Å². The predicted molar refractivity (Wildman–Crippen MR) is 77.4 cm³/mol. The summed E-state index contributed by atoms with van der Waals surface area (Å²) in [6.07, 6.45) is 5.25. The van der Waals surface area contributed by atoms with Gasteiger partial charge in [0, 0.05) is 20.1 Å². The van der Waals surface area contributed by atoms with Crippen LogP contribution in [-0.2, 0) is 9.53 Å². The summed E-state index contributed by atoms with van der Waals surface area (Å²) in [5, 5.41) is 13.1. The molecule has 2 aliphatic rings. The zero-order valence-corrected chi connectivity index (χ0v) is 12.7. The molecule has 1 aliphatic carbocycles. The molecule has 0 radical (unpaired) electrons. The lowest BCUT2D eigenvalue weighted by molar-refractivity contribution is -0.128. The number of amides is 1. The van der Waals surface area contributed by atoms with Crippen molar-refractivity contribution in [3.05, 3.63) is 0 Å². The van der Waals surface area contributed by atoms with E-state index in [0.717, 1.165) is 31.7 Å². The maximum absolute atomic E-state index is 11.7. The zero-order chi connectivity index (χ0) is 14.5. The molecular weight excluding hydrogens is 256 g/mol. The van der Waals surface area contributed by atoms with Crippen LogP contribution >= 0.6 is 0 Å². The van der Waals surface area contributed by atoms with Crippen LogP contribution in [0.3, 0.4) is 0 Å². The molecule has 2 rings (SSSR count). The fourth-order valence-electron chi connectivity index (χ4n) is 2.99. The van der Waals surface area contributed by atoms with Gasteiger partial charge in [-0.1, -0.05) is 6.92 Å². The second-order valence-corrected chi connectivity index (χ2v) is 6.38. The first-order chi connectivity index (χ1) is 9.56. The van der Waals surface area contributed by atoms with Gasteiger partial charge in [0.15, 0.2) is 0 Å². The zero-order valence-electron chi connectivity index (χ0n) is 12.7. The number of aliphatic hydroxyl groups excluding tert-OH is 1. The molecule has 0 aromatic heterocycles. The summed E-state index contributed by atoms with van der Waals surface area (Å²) < 4.78 is 5.77. The molecule has 0 aromatic carbocycles. The van der Waals surface area contributed by atoms with Crippen molar-refractivity contribution in [1.82, 2.24) is 10.2 Å². The minimum atomic E-state index is -0.534. The van der Waals surface area contributed by atoms with Crippen LogP contribution in [-0.4, -0.2) is 60.9 Å². The fraction of sp³-hybridized carbons (Fsp3) is 0.933. The lowest BCUT2D eigenvalue weighted by Crippen LogP contribution is -2.42. The minimum absolute atomic E-state index is 0.124. The van der Waals surface area contributed by atoms with E-state index in [1.165, 1.54) is 12.8 Å². The van der Waals surface area contributed by atoms with Crippen molar-refractivity contribution >= 4 is 5.91 Å². The first kappa shape index (κ1) is 15.7. The average molecular weight is 284 g/mol. The third-order valence-electron chi connectivity index (χ3n) is 4.51. The quantitative estimate of drug-likeness (QED) is 0.756. The van der Waals surface area contributed by atoms with Gasteiger partial charge in [-0.3, -0.25) is 4.79 Å². The van der Waals surface area contributed by atoms with Gasteiger partial charge in [0.25, 0.3) is 0 Å². The summed E-state index contributed by atoms with van der Waals surface area (Å²) in [6, 6.07) is -0.134. The molecule has 1 aliphatic heterocycles. The molecule has 1 saturated carbocycles. The number of hydrogen-bond acceptors (Lipinski definition) is 4. The second-order valence-electron chi connectivity index (χ2n) is 6.38. The molecule has 2 N–H and O–H groups in total. The first-order valence-corrected chi connectivity index (χ1v) is 7.84. The van der Waals surface area contributed by atoms with Gasteiger partial charge in [-0.25, -0.2) is 0 Å². The highest BCUT2D eigenvalue weighted by molar-refractivity contribution is 5.83. The number of hydrogen-bond donors (Lipinski definition) is 2. The van der Waals surface area contributed by atoms with E-state index < -0.39 is 6.10 Å². The Hall–Kier alpha value is -0.650. The summed E-state index contributed by atoms with van der Waals surface area (Å²) in [6.45, 7) is 3.87. The molecule has 0 bridgehead atoms. The van der Waals surface area contributed by atoms with Crippen molar-refractivity contribution in [2.45, 2.75) is 57.3 Å². The van der Waals surface area contributed by atoms with Crippen LogP contribution in [0, 0.1) is 5.92 Å². The highest BCUT2D eigenvalue weighted by Crippen LogP contribution is 2.25. The molecule has 2 unspecified atom stereocenters. The Morgan fingerprint density at radius 3 is 2.65 bits per heavy atom. The standard InChI is InChI=1S/C15H28N2O3/c1-11-3-5-13(6-4-11)20-10-12(18)9-16-14-7-8-17(2)15(14)19/h11-14,16,18H,3-10H2,1-2H3. The number of carbonyl (C=O) groups excluding carboxylic acids is 1. The summed E-state index contributed by atoms with van der Waals surface area (Å²) >= 11 is 0. The van der Waals surface area contributed by atoms with Gasteiger partial charge in [-0.15, -0.1) is 0 Å². The van der Waals surface area contributed by atoms with E-state index in [2.05, 4.69) is 12.2 Å². The lowest BCUT2D eigenvalue weighted by Gasteiger charge is -2.27. The van der Waals surface area contributed by atoms with Gasteiger partial charge in [0.05, 0.1) is 24.9 Å². The Morgan fingerprint density at radius 2 is 2.05 bits per heavy atom. The second kappa shape index (κ2) is 7.38. The third kappa shape index (κ3) is 4.43. The Kier molecular flexibility index (Phi) is 5.81. The number of likely N-dealkylation sites (N-methyl/N-ethyl adjacent to an activating group) is 1. The molecule has 2 fully saturated rings. The molecule has 116 valence electrons. The Bertz CT molecular complexity index is 316. The molecule has 0 spiro atoms. The number of ether oxygens (including phenoxy) is 1. The van der Waals surface area contributed by atoms with E-state index in [9.17, 15) is 9.90 Å². The first-order valence-electron chi connectivity index (χ1n) is 7.84. The van der Waals surface area contributed by atoms with Crippen molar-refractivity contribution in [3.8, 4) is 0 Å². The summed E-state index contributed by atoms with van der Waals surface area (Å²) in [4.78, 5) is 13.4. The maximum atomic E-state index is 11.7. The van der Waals surface area contributed by atoms with Gasteiger partial charge in [0.1, 0.15) is 0 Å². The van der Waals surface area contributed by atoms with Crippen LogP contribution < -0.4 is 5.32 Å². The molecule has 1 saturated heterocycles. The van der Waals surface area contributed by atoms with Crippen molar-refractivity contribution in [2.24, 2.45) is 5.92 Å². The average Bonchev–Trinajstić information content (AvgIpc) is 2.76. The van der Waals surface area contributed by atoms with E-state index in [-0.39, 0.29) is 11.9 Å². The van der Waals surface area contributed by atoms with Crippen molar-refractivity contribution < 1.29 is 14.6 Å². The monoisotopic (exact) mass is 284 g/mol. The van der Waals surface area contributed by atoms with Gasteiger partial charge in [-0.05, 0) is 38.0 Å². The smallest absolute Gasteiger partial charge is 0.239 e. The molecule has 0 aromatic rings. The van der Waals surface area contributed by atoms with E-state index in [0.29, 0.717) is 19.3 Å². The van der Waals surface area contributed by atoms with Gasteiger partial charge >= 0.3 is 0 Å². The van der Waals surface area contributed by atoms with Crippen LogP contribution in [0.15, 0.2) is 0 Å². The number of nitrogens with zero attached hydrogens (tertiary/aromatic N) is 1. The Labute approximate surface area is 121 Å². The van der Waals surface area contributed by atoms with E-state index >= 15 is 0 Å². The number of likely N-dealkylation sites (tertiary alicyclic amines) is 1. The van der Waals surface area contributed by atoms with Crippen molar-refractivity contribution in [2.75, 3.05) is 26.7 Å². The largest absolute Gasteiger partial charge is 0.389 e. The molecule has 20 heavy (non-hydrogen) atoms. The highest BCUT2D eigenvalue weighted by atomic mass is 16.5. The van der Waals surface area contributed by atoms with E-state index in [4.69, 9.17) is 4.74 Å². The van der Waals surface area contributed by atoms with Gasteiger partial charge in [0.2, 0.25) is 5.91 Å². The van der Waals surface area contributed by atoms with Crippen LogP contribution in [0.25, 0.3) is 0 Å². The number of rotatable bonds is 6. The van der Waals surface area contributed by atoms with Crippen molar-refractivity contribution in [1.29, 1.82) is 0 Å². The maximum Gasteiger partial charge on any atom is 0.239 e. The van der Waals surface area contributed by atoms with E-state index in [1.807, 2.05) is 7.05 Å². The van der Waals surface area contributed by atoms with Crippen LogP contribution in [0.2, 0.25) is 0 Å². The van der Waals surface area contributed by atoms with Crippen LogP contribution in [0.5, 0.6) is 0 Å². The number of nitrogens with one attached hydrogen (secondary N) is 1. The number of aliphatic hydroxyl groups is 1.